The molecule has 1 aliphatic carbocycles. The van der Waals surface area contributed by atoms with Crippen molar-refractivity contribution in [3.8, 4) is 0 Å². The molecule has 1 saturated carbocycles. The predicted molar refractivity (Wildman–Crippen MR) is 86.2 cm³/mol. The summed E-state index contributed by atoms with van der Waals surface area (Å²) in [6.07, 6.45) is 1.69. The molecule has 1 aromatic carbocycles. The van der Waals surface area contributed by atoms with E-state index in [1.165, 1.54) is 11.0 Å². The highest BCUT2D eigenvalue weighted by atomic mass is 35.5. The lowest BCUT2D eigenvalue weighted by atomic mass is 10.1. The van der Waals surface area contributed by atoms with Crippen LogP contribution in [0.4, 0.5) is 14.5 Å². The molecule has 23 heavy (non-hydrogen) atoms. The Bertz CT molecular complexity index is 580. The van der Waals surface area contributed by atoms with Gasteiger partial charge in [0.2, 0.25) is 5.91 Å². The second-order valence-corrected chi connectivity index (χ2v) is 5.43. The quantitative estimate of drug-likeness (QED) is 0.824. The normalized spacial score (nSPS) is 13.9. The molecule has 0 atom stereocenters. The fraction of sp³-hybridized carbons (Fsp3) is 0.467. The third-order valence-corrected chi connectivity index (χ3v) is 3.57. The summed E-state index contributed by atoms with van der Waals surface area (Å²) in [6.45, 7) is -1.67. The van der Waals surface area contributed by atoms with Crippen molar-refractivity contribution in [3.05, 3.63) is 29.8 Å². The van der Waals surface area contributed by atoms with E-state index in [0.717, 1.165) is 12.8 Å². The van der Waals surface area contributed by atoms with Crippen LogP contribution < -0.4 is 16.0 Å². The molecule has 8 heteroatoms. The Hall–Kier alpha value is -1.73. The van der Waals surface area contributed by atoms with E-state index in [0.29, 0.717) is 5.69 Å². The third kappa shape index (κ3) is 4.87. The first kappa shape index (κ1) is 19.3. The molecule has 3 N–H and O–H groups in total. The van der Waals surface area contributed by atoms with Crippen LogP contribution in [0.25, 0.3) is 0 Å². The topological polar surface area (TPSA) is 75.4 Å². The SMILES string of the molecule is CN(C(=O)C1CC1)c1ccccc1C(=O)NCC(F)(F)CN.Cl. The number of alkyl halides is 2. The lowest BCUT2D eigenvalue weighted by Gasteiger charge is -2.21. The predicted octanol–water partition coefficient (Wildman–Crippen LogP) is 1.80. The largest absolute Gasteiger partial charge is 0.346 e. The molecule has 128 valence electrons. The molecule has 0 aromatic heterocycles. The number of para-hydroxylation sites is 1. The molecule has 0 aliphatic heterocycles. The molecule has 0 spiro atoms. The molecule has 2 amide bonds. The summed E-state index contributed by atoms with van der Waals surface area (Å²) in [5.74, 6) is -3.87. The highest BCUT2D eigenvalue weighted by molar-refractivity contribution is 6.05. The number of nitrogens with two attached hydrogens (primary N) is 1. The van der Waals surface area contributed by atoms with E-state index < -0.39 is 24.9 Å². The van der Waals surface area contributed by atoms with E-state index in [4.69, 9.17) is 5.73 Å². The number of anilines is 1. The second-order valence-electron chi connectivity index (χ2n) is 5.43. The van der Waals surface area contributed by atoms with Gasteiger partial charge in [-0.2, -0.15) is 0 Å². The molecular weight excluding hydrogens is 328 g/mol. The van der Waals surface area contributed by atoms with Gasteiger partial charge >= 0.3 is 0 Å². The van der Waals surface area contributed by atoms with Crippen molar-refractivity contribution < 1.29 is 18.4 Å². The Labute approximate surface area is 139 Å². The van der Waals surface area contributed by atoms with Gasteiger partial charge in [0.1, 0.15) is 0 Å². The van der Waals surface area contributed by atoms with Gasteiger partial charge in [0, 0.05) is 13.0 Å². The number of hydrogen-bond donors (Lipinski definition) is 2. The minimum Gasteiger partial charge on any atom is -0.346 e. The number of nitrogens with zero attached hydrogens (tertiary/aromatic N) is 1. The van der Waals surface area contributed by atoms with Crippen LogP contribution in [0.2, 0.25) is 0 Å². The van der Waals surface area contributed by atoms with Gasteiger partial charge in [-0.1, -0.05) is 12.1 Å². The standard InChI is InChI=1S/C15H19F2N3O2.ClH/c1-20(14(22)10-6-7-10)12-5-3-2-4-11(12)13(21)19-9-15(16,17)8-18;/h2-5,10H,6-9,18H2,1H3,(H,19,21);1H. The number of benzene rings is 1. The van der Waals surface area contributed by atoms with Crippen LogP contribution in [-0.2, 0) is 4.79 Å². The Morgan fingerprint density at radius 1 is 1.35 bits per heavy atom. The van der Waals surface area contributed by atoms with E-state index in [2.05, 4.69) is 5.32 Å². The summed E-state index contributed by atoms with van der Waals surface area (Å²) < 4.78 is 26.3. The second kappa shape index (κ2) is 7.70. The van der Waals surface area contributed by atoms with E-state index in [1.54, 1.807) is 25.2 Å². The number of nitrogens with one attached hydrogen (secondary N) is 1. The number of amides is 2. The molecule has 1 fully saturated rings. The first-order valence-electron chi connectivity index (χ1n) is 7.08. The minimum absolute atomic E-state index is 0. The maximum atomic E-state index is 13.1. The Morgan fingerprint density at radius 3 is 2.52 bits per heavy atom. The van der Waals surface area contributed by atoms with Crippen LogP contribution in [-0.4, -0.2) is 37.9 Å². The van der Waals surface area contributed by atoms with Gasteiger partial charge in [-0.05, 0) is 25.0 Å². The van der Waals surface area contributed by atoms with Crippen molar-refractivity contribution in [3.63, 3.8) is 0 Å². The van der Waals surface area contributed by atoms with Crippen LogP contribution >= 0.6 is 12.4 Å². The average molecular weight is 348 g/mol. The molecule has 0 bridgehead atoms. The van der Waals surface area contributed by atoms with Crippen LogP contribution in [0.3, 0.4) is 0 Å². The van der Waals surface area contributed by atoms with Crippen LogP contribution in [0.5, 0.6) is 0 Å². The highest BCUT2D eigenvalue weighted by Crippen LogP contribution is 2.33. The first-order valence-corrected chi connectivity index (χ1v) is 7.08. The van der Waals surface area contributed by atoms with Crippen molar-refractivity contribution in [2.45, 2.75) is 18.8 Å². The summed E-state index contributed by atoms with van der Waals surface area (Å²) in [4.78, 5) is 25.6. The van der Waals surface area contributed by atoms with Crippen LogP contribution in [0.15, 0.2) is 24.3 Å². The van der Waals surface area contributed by atoms with E-state index in [9.17, 15) is 18.4 Å². The Balaban J connectivity index is 0.00000264. The van der Waals surface area contributed by atoms with E-state index in [1.807, 2.05) is 0 Å². The number of halogens is 3. The van der Waals surface area contributed by atoms with Gasteiger partial charge in [-0.25, -0.2) is 8.78 Å². The van der Waals surface area contributed by atoms with Crippen molar-refractivity contribution in [1.29, 1.82) is 0 Å². The molecule has 1 aliphatic rings. The molecule has 0 radical (unpaired) electrons. The molecule has 0 unspecified atom stereocenters. The van der Waals surface area contributed by atoms with Gasteiger partial charge in [-0.3, -0.25) is 9.59 Å². The Kier molecular flexibility index (Phi) is 6.47. The zero-order chi connectivity index (χ0) is 16.3. The first-order chi connectivity index (χ1) is 10.4. The third-order valence-electron chi connectivity index (χ3n) is 3.57. The molecule has 2 rings (SSSR count). The fourth-order valence-corrected chi connectivity index (χ4v) is 2.06. The summed E-state index contributed by atoms with van der Waals surface area (Å²) >= 11 is 0. The lowest BCUT2D eigenvalue weighted by Crippen LogP contribution is -2.42. The molecule has 1 aromatic rings. The number of carbonyl (C=O) groups is 2. The van der Waals surface area contributed by atoms with Crippen LogP contribution in [0, 0.1) is 5.92 Å². The highest BCUT2D eigenvalue weighted by Gasteiger charge is 2.34. The number of carbonyl (C=O) groups excluding carboxylic acids is 2. The van der Waals surface area contributed by atoms with Crippen molar-refractivity contribution in [1.82, 2.24) is 5.32 Å². The van der Waals surface area contributed by atoms with Crippen LogP contribution in [0.1, 0.15) is 23.2 Å². The van der Waals surface area contributed by atoms with Gasteiger partial charge in [-0.15, -0.1) is 12.4 Å². The molecule has 5 nitrogen and oxygen atoms in total. The van der Waals surface area contributed by atoms with Gasteiger partial charge in [0.25, 0.3) is 11.8 Å². The van der Waals surface area contributed by atoms with Crippen molar-refractivity contribution in [2.75, 3.05) is 25.0 Å². The molecule has 0 saturated heterocycles. The van der Waals surface area contributed by atoms with Crippen molar-refractivity contribution >= 4 is 29.9 Å². The molecular formula is C15H20ClF2N3O2. The maximum Gasteiger partial charge on any atom is 0.277 e. The fourth-order valence-electron chi connectivity index (χ4n) is 2.06. The number of rotatable bonds is 6. The smallest absolute Gasteiger partial charge is 0.277 e. The minimum atomic E-state index is -3.15. The zero-order valence-corrected chi connectivity index (χ0v) is 13.5. The molecule has 0 heterocycles. The average Bonchev–Trinajstić information content (AvgIpc) is 3.36. The summed E-state index contributed by atoms with van der Waals surface area (Å²) in [5, 5.41) is 2.16. The zero-order valence-electron chi connectivity index (χ0n) is 12.7. The van der Waals surface area contributed by atoms with Gasteiger partial charge in [0.05, 0.1) is 24.3 Å². The van der Waals surface area contributed by atoms with Gasteiger partial charge in [0.15, 0.2) is 0 Å². The summed E-state index contributed by atoms with van der Waals surface area (Å²) in [5.41, 5.74) is 5.53. The Morgan fingerprint density at radius 2 is 1.96 bits per heavy atom. The maximum absolute atomic E-state index is 13.1. The summed E-state index contributed by atoms with van der Waals surface area (Å²) in [7, 11) is 1.58. The summed E-state index contributed by atoms with van der Waals surface area (Å²) in [6, 6.07) is 6.43. The van der Waals surface area contributed by atoms with Crippen molar-refractivity contribution in [2.24, 2.45) is 11.7 Å². The van der Waals surface area contributed by atoms with E-state index >= 15 is 0 Å². The number of hydrogen-bond acceptors (Lipinski definition) is 3. The lowest BCUT2D eigenvalue weighted by molar-refractivity contribution is -0.119. The van der Waals surface area contributed by atoms with Gasteiger partial charge < -0.3 is 16.0 Å². The monoisotopic (exact) mass is 347 g/mol. The van der Waals surface area contributed by atoms with E-state index in [-0.39, 0.29) is 29.8 Å².